The van der Waals surface area contributed by atoms with Crippen LogP contribution in [0.25, 0.3) is 10.1 Å². The predicted molar refractivity (Wildman–Crippen MR) is 67.2 cm³/mol. The molecule has 1 aromatic carbocycles. The topological polar surface area (TPSA) is 32.6 Å². The van der Waals surface area contributed by atoms with E-state index in [4.69, 9.17) is 5.21 Å². The second-order valence-electron chi connectivity index (χ2n) is 2.83. The molecule has 0 aliphatic rings. The fourth-order valence-electron chi connectivity index (χ4n) is 1.21. The Balaban J connectivity index is 0.000000531. The van der Waals surface area contributed by atoms with Crippen LogP contribution in [0.5, 0.6) is 0 Å². The maximum absolute atomic E-state index is 8.61. The Bertz CT molecular complexity index is 426. The summed E-state index contributed by atoms with van der Waals surface area (Å²) in [5.74, 6) is 0. The van der Waals surface area contributed by atoms with E-state index in [9.17, 15) is 0 Å². The lowest BCUT2D eigenvalue weighted by atomic mass is 10.2. The van der Waals surface area contributed by atoms with E-state index in [1.807, 2.05) is 32.0 Å². The molecule has 0 aliphatic carbocycles. The van der Waals surface area contributed by atoms with Crippen molar-refractivity contribution in [3.05, 3.63) is 35.2 Å². The van der Waals surface area contributed by atoms with Gasteiger partial charge in [-0.1, -0.05) is 37.2 Å². The van der Waals surface area contributed by atoms with E-state index in [1.54, 1.807) is 18.3 Å². The smallest absolute Gasteiger partial charge is 0.0936 e. The van der Waals surface area contributed by atoms with Gasteiger partial charge in [0.1, 0.15) is 0 Å². The molecule has 0 amide bonds. The highest BCUT2D eigenvalue weighted by molar-refractivity contribution is 7.20. The standard InChI is InChI=1S/C10H9NOS.C2H6/c1-7(11-12)10-6-8-4-2-3-5-9(8)13-10;1-2/h2-6,12H,1H3;1-2H3. The number of oxime groups is 1. The van der Waals surface area contributed by atoms with Crippen molar-refractivity contribution in [2.24, 2.45) is 5.16 Å². The zero-order valence-corrected chi connectivity index (χ0v) is 10.0. The van der Waals surface area contributed by atoms with Crippen LogP contribution in [0, 0.1) is 0 Å². The summed E-state index contributed by atoms with van der Waals surface area (Å²) < 4.78 is 1.22. The first-order valence-electron chi connectivity index (χ1n) is 4.99. The third-order valence-electron chi connectivity index (χ3n) is 1.93. The van der Waals surface area contributed by atoms with Gasteiger partial charge in [-0.05, 0) is 24.4 Å². The molecule has 0 atom stereocenters. The first-order chi connectivity index (χ1) is 7.31. The van der Waals surface area contributed by atoms with E-state index in [1.165, 1.54) is 10.1 Å². The minimum absolute atomic E-state index is 0.668. The number of hydrogen-bond donors (Lipinski definition) is 1. The van der Waals surface area contributed by atoms with Crippen molar-refractivity contribution in [2.75, 3.05) is 0 Å². The summed E-state index contributed by atoms with van der Waals surface area (Å²) >= 11 is 1.64. The third-order valence-corrected chi connectivity index (χ3v) is 3.16. The van der Waals surface area contributed by atoms with Gasteiger partial charge < -0.3 is 5.21 Å². The summed E-state index contributed by atoms with van der Waals surface area (Å²) in [5.41, 5.74) is 0.668. The van der Waals surface area contributed by atoms with Gasteiger partial charge in [0.15, 0.2) is 0 Å². The molecule has 0 unspecified atom stereocenters. The number of benzene rings is 1. The molecule has 2 rings (SSSR count). The Hall–Kier alpha value is -1.35. The van der Waals surface area contributed by atoms with Crippen molar-refractivity contribution >= 4 is 27.1 Å². The summed E-state index contributed by atoms with van der Waals surface area (Å²) in [6.07, 6.45) is 0. The van der Waals surface area contributed by atoms with Crippen LogP contribution in [0.3, 0.4) is 0 Å². The lowest BCUT2D eigenvalue weighted by Gasteiger charge is -1.87. The van der Waals surface area contributed by atoms with E-state index >= 15 is 0 Å². The van der Waals surface area contributed by atoms with Gasteiger partial charge in [-0.2, -0.15) is 0 Å². The van der Waals surface area contributed by atoms with Crippen molar-refractivity contribution < 1.29 is 5.21 Å². The van der Waals surface area contributed by atoms with Crippen LogP contribution in [-0.2, 0) is 0 Å². The zero-order valence-electron chi connectivity index (χ0n) is 9.19. The van der Waals surface area contributed by atoms with Gasteiger partial charge in [-0.3, -0.25) is 0 Å². The molecule has 0 aliphatic heterocycles. The molecule has 0 saturated carbocycles. The van der Waals surface area contributed by atoms with Gasteiger partial charge in [0.25, 0.3) is 0 Å². The van der Waals surface area contributed by atoms with Crippen molar-refractivity contribution in [3.63, 3.8) is 0 Å². The molecule has 2 aromatic rings. The fourth-order valence-corrected chi connectivity index (χ4v) is 2.21. The maximum Gasteiger partial charge on any atom is 0.0936 e. The molecule has 2 nitrogen and oxygen atoms in total. The molecule has 0 bridgehead atoms. The van der Waals surface area contributed by atoms with Crippen LogP contribution in [0.15, 0.2) is 35.5 Å². The van der Waals surface area contributed by atoms with Crippen LogP contribution < -0.4 is 0 Å². The Morgan fingerprint density at radius 3 is 2.53 bits per heavy atom. The molecule has 0 fully saturated rings. The Kier molecular flexibility index (Phi) is 4.31. The first kappa shape index (κ1) is 11.7. The minimum Gasteiger partial charge on any atom is -0.411 e. The maximum atomic E-state index is 8.61. The lowest BCUT2D eigenvalue weighted by Crippen LogP contribution is -1.87. The average molecular weight is 221 g/mol. The van der Waals surface area contributed by atoms with Crippen molar-refractivity contribution in [3.8, 4) is 0 Å². The fraction of sp³-hybridized carbons (Fsp3) is 0.250. The second-order valence-corrected chi connectivity index (χ2v) is 3.92. The minimum atomic E-state index is 0.668. The molecule has 15 heavy (non-hydrogen) atoms. The highest BCUT2D eigenvalue weighted by Gasteiger charge is 2.03. The summed E-state index contributed by atoms with van der Waals surface area (Å²) in [4.78, 5) is 1.02. The molecular formula is C12H15NOS. The summed E-state index contributed by atoms with van der Waals surface area (Å²) in [7, 11) is 0. The van der Waals surface area contributed by atoms with E-state index in [0.29, 0.717) is 5.71 Å². The molecule has 0 radical (unpaired) electrons. The largest absolute Gasteiger partial charge is 0.411 e. The summed E-state index contributed by atoms with van der Waals surface area (Å²) in [5, 5.41) is 13.0. The van der Waals surface area contributed by atoms with Gasteiger partial charge in [-0.15, -0.1) is 11.3 Å². The van der Waals surface area contributed by atoms with Crippen LogP contribution in [-0.4, -0.2) is 10.9 Å². The van der Waals surface area contributed by atoms with Gasteiger partial charge >= 0.3 is 0 Å². The average Bonchev–Trinajstić information content (AvgIpc) is 2.74. The molecule has 1 heterocycles. The van der Waals surface area contributed by atoms with Gasteiger partial charge in [0.2, 0.25) is 0 Å². The number of rotatable bonds is 1. The monoisotopic (exact) mass is 221 g/mol. The normalized spacial score (nSPS) is 11.0. The molecule has 1 N–H and O–H groups in total. The third kappa shape index (κ3) is 2.57. The van der Waals surface area contributed by atoms with Crippen molar-refractivity contribution in [1.29, 1.82) is 0 Å². The summed E-state index contributed by atoms with van der Waals surface area (Å²) in [6, 6.07) is 10.2. The van der Waals surface area contributed by atoms with Crippen LogP contribution in [0.4, 0.5) is 0 Å². The van der Waals surface area contributed by atoms with Crippen LogP contribution >= 0.6 is 11.3 Å². The summed E-state index contributed by atoms with van der Waals surface area (Å²) in [6.45, 7) is 5.80. The number of nitrogens with zero attached hydrogens (tertiary/aromatic N) is 1. The van der Waals surface area contributed by atoms with Gasteiger partial charge in [-0.25, -0.2) is 0 Å². The Morgan fingerprint density at radius 1 is 1.27 bits per heavy atom. The molecular weight excluding hydrogens is 206 g/mol. The zero-order chi connectivity index (χ0) is 11.3. The lowest BCUT2D eigenvalue weighted by molar-refractivity contribution is 0.319. The first-order valence-corrected chi connectivity index (χ1v) is 5.80. The number of fused-ring (bicyclic) bond motifs is 1. The second kappa shape index (κ2) is 5.51. The molecule has 0 saturated heterocycles. The van der Waals surface area contributed by atoms with Crippen molar-refractivity contribution in [1.82, 2.24) is 0 Å². The highest BCUT2D eigenvalue weighted by Crippen LogP contribution is 2.25. The number of hydrogen-bond acceptors (Lipinski definition) is 3. The molecule has 0 spiro atoms. The van der Waals surface area contributed by atoms with E-state index in [2.05, 4.69) is 17.3 Å². The quantitative estimate of drug-likeness (QED) is 0.438. The Morgan fingerprint density at radius 2 is 1.93 bits per heavy atom. The van der Waals surface area contributed by atoms with E-state index < -0.39 is 0 Å². The van der Waals surface area contributed by atoms with Crippen molar-refractivity contribution in [2.45, 2.75) is 20.8 Å². The van der Waals surface area contributed by atoms with Gasteiger partial charge in [0, 0.05) is 4.70 Å². The number of thiophene rings is 1. The van der Waals surface area contributed by atoms with Gasteiger partial charge in [0.05, 0.1) is 10.6 Å². The van der Waals surface area contributed by atoms with Crippen LogP contribution in [0.2, 0.25) is 0 Å². The SMILES string of the molecule is CC.CC(=NO)c1cc2ccccc2s1. The molecule has 80 valence electrons. The van der Waals surface area contributed by atoms with E-state index in [-0.39, 0.29) is 0 Å². The predicted octanol–water partition coefficient (Wildman–Crippen LogP) is 4.13. The molecule has 1 aromatic heterocycles. The Labute approximate surface area is 93.9 Å². The van der Waals surface area contributed by atoms with E-state index in [0.717, 1.165) is 4.88 Å². The highest BCUT2D eigenvalue weighted by atomic mass is 32.1. The van der Waals surface area contributed by atoms with Crippen LogP contribution in [0.1, 0.15) is 25.6 Å². The molecule has 3 heteroatoms.